The zero-order valence-electron chi connectivity index (χ0n) is 12.6. The molecular weight excluding hydrogens is 292 g/mol. The van der Waals surface area contributed by atoms with E-state index in [1.54, 1.807) is 24.3 Å². The highest BCUT2D eigenvalue weighted by Crippen LogP contribution is 2.34. The second-order valence-corrected chi connectivity index (χ2v) is 5.52. The summed E-state index contributed by atoms with van der Waals surface area (Å²) in [6.45, 7) is 1.47. The predicted octanol–water partition coefficient (Wildman–Crippen LogP) is 2.95. The van der Waals surface area contributed by atoms with Crippen LogP contribution in [0, 0.1) is 0 Å². The molecule has 0 bridgehead atoms. The van der Waals surface area contributed by atoms with E-state index in [2.05, 4.69) is 10.6 Å². The van der Waals surface area contributed by atoms with Crippen LogP contribution in [0.4, 0.5) is 11.4 Å². The predicted molar refractivity (Wildman–Crippen MR) is 87.5 cm³/mol. The van der Waals surface area contributed by atoms with E-state index in [1.165, 1.54) is 6.92 Å². The van der Waals surface area contributed by atoms with Crippen molar-refractivity contribution in [3.63, 3.8) is 0 Å². The van der Waals surface area contributed by atoms with Crippen LogP contribution >= 0.6 is 0 Å². The molecule has 0 spiro atoms. The largest absolute Gasteiger partial charge is 0.326 e. The maximum atomic E-state index is 12.2. The summed E-state index contributed by atoms with van der Waals surface area (Å²) in [6, 6.07) is 14.1. The van der Waals surface area contributed by atoms with Crippen LogP contribution in [0.25, 0.3) is 0 Å². The quantitative estimate of drug-likeness (QED) is 0.853. The molecule has 1 aliphatic heterocycles. The molecule has 0 radical (unpaired) electrons. The molecule has 0 fully saturated rings. The lowest BCUT2D eigenvalue weighted by Gasteiger charge is -2.10. The van der Waals surface area contributed by atoms with E-state index in [0.717, 1.165) is 11.3 Å². The summed E-state index contributed by atoms with van der Waals surface area (Å²) in [7, 11) is 0. The van der Waals surface area contributed by atoms with E-state index >= 15 is 0 Å². The minimum absolute atomic E-state index is 0.0626. The molecule has 2 aromatic rings. The van der Waals surface area contributed by atoms with E-state index in [-0.39, 0.29) is 24.0 Å². The number of para-hydroxylation sites is 1. The Hall–Kier alpha value is -2.95. The topological polar surface area (TPSA) is 75.3 Å². The molecule has 2 amide bonds. The van der Waals surface area contributed by atoms with Crippen molar-refractivity contribution in [3.05, 3.63) is 59.7 Å². The third-order valence-electron chi connectivity index (χ3n) is 3.85. The Morgan fingerprint density at radius 1 is 1.13 bits per heavy atom. The standard InChI is InChI=1S/C18H16N2O3/c1-11(21)12-5-4-6-13(9-12)19-17(22)10-15-14-7-2-3-8-16(14)20-18(15)23/h2-9,15H,10H2,1H3,(H,19,22)(H,20,23). The number of hydrogen-bond donors (Lipinski definition) is 2. The van der Waals surface area contributed by atoms with Gasteiger partial charge in [-0.05, 0) is 30.7 Å². The molecule has 0 aliphatic carbocycles. The molecule has 2 N–H and O–H groups in total. The van der Waals surface area contributed by atoms with Crippen LogP contribution in [0.5, 0.6) is 0 Å². The number of fused-ring (bicyclic) bond motifs is 1. The second kappa shape index (κ2) is 6.04. The molecule has 5 nitrogen and oxygen atoms in total. The lowest BCUT2D eigenvalue weighted by atomic mass is 9.97. The first-order chi connectivity index (χ1) is 11.0. The Bertz CT molecular complexity index is 798. The van der Waals surface area contributed by atoms with Crippen LogP contribution < -0.4 is 10.6 Å². The number of rotatable bonds is 4. The summed E-state index contributed by atoms with van der Waals surface area (Å²) in [5.41, 5.74) is 2.68. The highest BCUT2D eigenvalue weighted by Gasteiger charge is 2.31. The lowest BCUT2D eigenvalue weighted by Crippen LogP contribution is -2.20. The normalized spacial score (nSPS) is 15.7. The van der Waals surface area contributed by atoms with Gasteiger partial charge in [-0.25, -0.2) is 0 Å². The maximum absolute atomic E-state index is 12.2. The lowest BCUT2D eigenvalue weighted by molar-refractivity contribution is -0.122. The second-order valence-electron chi connectivity index (χ2n) is 5.52. The Morgan fingerprint density at radius 3 is 2.70 bits per heavy atom. The van der Waals surface area contributed by atoms with Gasteiger partial charge in [0, 0.05) is 23.4 Å². The molecule has 0 aromatic heterocycles. The first kappa shape index (κ1) is 15.0. The van der Waals surface area contributed by atoms with Gasteiger partial charge >= 0.3 is 0 Å². The molecule has 0 saturated carbocycles. The van der Waals surface area contributed by atoms with E-state index in [1.807, 2.05) is 24.3 Å². The molecule has 23 heavy (non-hydrogen) atoms. The molecule has 5 heteroatoms. The molecule has 1 unspecified atom stereocenters. The summed E-state index contributed by atoms with van der Waals surface area (Å²) >= 11 is 0. The van der Waals surface area contributed by atoms with Crippen molar-refractivity contribution >= 4 is 29.0 Å². The van der Waals surface area contributed by atoms with Gasteiger partial charge in [-0.2, -0.15) is 0 Å². The Labute approximate surface area is 133 Å². The van der Waals surface area contributed by atoms with Gasteiger partial charge in [0.15, 0.2) is 5.78 Å². The molecule has 1 aliphatic rings. The zero-order chi connectivity index (χ0) is 16.4. The molecular formula is C18H16N2O3. The van der Waals surface area contributed by atoms with Crippen LogP contribution in [-0.2, 0) is 9.59 Å². The highest BCUT2D eigenvalue weighted by molar-refractivity contribution is 6.06. The van der Waals surface area contributed by atoms with Crippen molar-refractivity contribution in [2.24, 2.45) is 0 Å². The SMILES string of the molecule is CC(=O)c1cccc(NC(=O)CC2C(=O)Nc3ccccc32)c1. The molecule has 1 heterocycles. The van der Waals surface area contributed by atoms with Crippen LogP contribution in [0.1, 0.15) is 35.2 Å². The average molecular weight is 308 g/mol. The van der Waals surface area contributed by atoms with Gasteiger partial charge in [0.05, 0.1) is 5.92 Å². The van der Waals surface area contributed by atoms with Crippen molar-refractivity contribution in [1.29, 1.82) is 0 Å². The molecule has 2 aromatic carbocycles. The molecule has 116 valence electrons. The smallest absolute Gasteiger partial charge is 0.232 e. The number of hydrogen-bond acceptors (Lipinski definition) is 3. The van der Waals surface area contributed by atoms with Gasteiger partial charge in [0.2, 0.25) is 11.8 Å². The third kappa shape index (κ3) is 3.13. The zero-order valence-corrected chi connectivity index (χ0v) is 12.6. The van der Waals surface area contributed by atoms with Gasteiger partial charge in [-0.3, -0.25) is 14.4 Å². The van der Waals surface area contributed by atoms with Gasteiger partial charge in [0.25, 0.3) is 0 Å². The van der Waals surface area contributed by atoms with E-state index in [0.29, 0.717) is 11.3 Å². The highest BCUT2D eigenvalue weighted by atomic mass is 16.2. The first-order valence-electron chi connectivity index (χ1n) is 7.35. The average Bonchev–Trinajstić information content (AvgIpc) is 2.83. The molecule has 1 atom stereocenters. The summed E-state index contributed by atoms with van der Waals surface area (Å²) in [4.78, 5) is 35.6. The molecule has 0 saturated heterocycles. The Balaban J connectivity index is 1.72. The van der Waals surface area contributed by atoms with Crippen molar-refractivity contribution in [2.75, 3.05) is 10.6 Å². The van der Waals surface area contributed by atoms with Crippen molar-refractivity contribution in [1.82, 2.24) is 0 Å². The maximum Gasteiger partial charge on any atom is 0.232 e. The van der Waals surface area contributed by atoms with E-state index in [9.17, 15) is 14.4 Å². The van der Waals surface area contributed by atoms with Crippen LogP contribution in [-0.4, -0.2) is 17.6 Å². The van der Waals surface area contributed by atoms with Gasteiger partial charge in [-0.15, -0.1) is 0 Å². The number of carbonyl (C=O) groups is 3. The molecule has 3 rings (SSSR count). The van der Waals surface area contributed by atoms with Gasteiger partial charge in [0.1, 0.15) is 0 Å². The van der Waals surface area contributed by atoms with E-state index < -0.39 is 5.92 Å². The monoisotopic (exact) mass is 308 g/mol. The van der Waals surface area contributed by atoms with Crippen molar-refractivity contribution < 1.29 is 14.4 Å². The fourth-order valence-corrected chi connectivity index (χ4v) is 2.69. The number of nitrogens with one attached hydrogen (secondary N) is 2. The Kier molecular flexibility index (Phi) is 3.93. The summed E-state index contributed by atoms with van der Waals surface area (Å²) in [6.07, 6.45) is 0.0626. The minimum Gasteiger partial charge on any atom is -0.326 e. The van der Waals surface area contributed by atoms with Crippen LogP contribution in [0.2, 0.25) is 0 Å². The van der Waals surface area contributed by atoms with Gasteiger partial charge < -0.3 is 10.6 Å². The number of ketones is 1. The third-order valence-corrected chi connectivity index (χ3v) is 3.85. The van der Waals surface area contributed by atoms with Crippen LogP contribution in [0.3, 0.4) is 0 Å². The number of Topliss-reactive ketones (excluding diaryl/α,β-unsaturated/α-hetero) is 1. The minimum atomic E-state index is -0.484. The number of amides is 2. The fourth-order valence-electron chi connectivity index (χ4n) is 2.69. The first-order valence-corrected chi connectivity index (χ1v) is 7.35. The number of anilines is 2. The van der Waals surface area contributed by atoms with E-state index in [4.69, 9.17) is 0 Å². The van der Waals surface area contributed by atoms with Crippen LogP contribution in [0.15, 0.2) is 48.5 Å². The Morgan fingerprint density at radius 2 is 1.91 bits per heavy atom. The summed E-state index contributed by atoms with van der Waals surface area (Å²) < 4.78 is 0. The fraction of sp³-hybridized carbons (Fsp3) is 0.167. The van der Waals surface area contributed by atoms with Gasteiger partial charge in [-0.1, -0.05) is 30.3 Å². The van der Waals surface area contributed by atoms with Crippen molar-refractivity contribution in [2.45, 2.75) is 19.3 Å². The number of benzene rings is 2. The van der Waals surface area contributed by atoms with Crippen molar-refractivity contribution in [3.8, 4) is 0 Å². The summed E-state index contributed by atoms with van der Waals surface area (Å²) in [5, 5.41) is 5.52. The number of carbonyl (C=O) groups excluding carboxylic acids is 3. The summed E-state index contributed by atoms with van der Waals surface area (Å²) in [5.74, 6) is -0.978.